The van der Waals surface area contributed by atoms with Gasteiger partial charge in [0.2, 0.25) is 0 Å². The molecule has 0 aromatic heterocycles. The monoisotopic (exact) mass is 447 g/mol. The van der Waals surface area contributed by atoms with E-state index in [-0.39, 0.29) is 5.54 Å². The minimum atomic E-state index is -1.12. The second kappa shape index (κ2) is 23.7. The van der Waals surface area contributed by atoms with Crippen molar-refractivity contribution in [3.8, 4) is 0 Å². The first-order chi connectivity index (χ1) is 15.2. The van der Waals surface area contributed by atoms with Crippen LogP contribution in [0, 0.1) is 0 Å². The molecule has 0 spiro atoms. The number of quaternary nitrogens is 1. The van der Waals surface area contributed by atoms with Gasteiger partial charge in [0.25, 0.3) is 0 Å². The molecule has 32 heavy (non-hydrogen) atoms. The van der Waals surface area contributed by atoms with Gasteiger partial charge in [-0.2, -0.15) is 0 Å². The van der Waals surface area contributed by atoms with E-state index in [0.29, 0.717) is 13.0 Å². The third-order valence-corrected chi connectivity index (χ3v) is 3.88. The Hall–Kier alpha value is -1.91. The lowest BCUT2D eigenvalue weighted by atomic mass is 10.1. The van der Waals surface area contributed by atoms with Gasteiger partial charge in [-0.25, -0.2) is 0 Å². The van der Waals surface area contributed by atoms with E-state index in [9.17, 15) is 9.90 Å². The summed E-state index contributed by atoms with van der Waals surface area (Å²) < 4.78 is 5.27. The second-order valence-electron chi connectivity index (χ2n) is 8.85. The number of allylic oxidation sites excluding steroid dienone is 10. The molecule has 0 bridgehead atoms. The molecule has 3 N–H and O–H groups in total. The largest absolute Gasteiger partial charge is 0.547 e. The van der Waals surface area contributed by atoms with Gasteiger partial charge in [-0.3, -0.25) is 0 Å². The van der Waals surface area contributed by atoms with Crippen molar-refractivity contribution in [3.05, 3.63) is 60.8 Å². The number of carboxylic acid groups (broad SMARTS) is 1. The van der Waals surface area contributed by atoms with E-state index in [4.69, 9.17) is 4.74 Å². The molecule has 0 fully saturated rings. The molecule has 0 aliphatic heterocycles. The van der Waals surface area contributed by atoms with Crippen molar-refractivity contribution < 1.29 is 20.4 Å². The highest BCUT2D eigenvalue weighted by molar-refractivity contribution is 5.69. The van der Waals surface area contributed by atoms with Gasteiger partial charge in [0, 0.05) is 6.61 Å². The zero-order valence-electron chi connectivity index (χ0n) is 21.4. The van der Waals surface area contributed by atoms with E-state index in [0.717, 1.165) is 51.4 Å². The fraction of sp³-hybridized carbons (Fsp3) is 0.607. The van der Waals surface area contributed by atoms with Crippen molar-refractivity contribution in [1.29, 1.82) is 0 Å². The van der Waals surface area contributed by atoms with Crippen LogP contribution >= 0.6 is 0 Å². The molecule has 0 amide bonds. The lowest BCUT2D eigenvalue weighted by Gasteiger charge is -2.16. The minimum absolute atomic E-state index is 0.250. The van der Waals surface area contributed by atoms with Gasteiger partial charge in [-0.05, 0) is 78.6 Å². The van der Waals surface area contributed by atoms with Crippen molar-refractivity contribution in [2.45, 2.75) is 104 Å². The van der Waals surface area contributed by atoms with E-state index < -0.39 is 12.1 Å². The Balaban J connectivity index is 0. The summed E-state index contributed by atoms with van der Waals surface area (Å²) in [7, 11) is 0. The molecule has 0 aliphatic rings. The summed E-state index contributed by atoms with van der Waals surface area (Å²) in [6.07, 6.45) is 29.5. The zero-order chi connectivity index (χ0) is 24.5. The van der Waals surface area contributed by atoms with Crippen LogP contribution in [0.4, 0.5) is 0 Å². The van der Waals surface area contributed by atoms with Crippen LogP contribution in [-0.2, 0) is 9.53 Å². The Morgan fingerprint density at radius 2 is 1.22 bits per heavy atom. The molecule has 1 unspecified atom stereocenters. The summed E-state index contributed by atoms with van der Waals surface area (Å²) in [4.78, 5) is 10.7. The first-order valence-electron chi connectivity index (χ1n) is 12.1. The summed E-state index contributed by atoms with van der Waals surface area (Å²) in [5.41, 5.74) is 4.02. The number of ether oxygens (including phenoxy) is 1. The summed E-state index contributed by atoms with van der Waals surface area (Å²) in [5, 5.41) is 10.7. The molecule has 4 nitrogen and oxygen atoms in total. The van der Waals surface area contributed by atoms with Crippen LogP contribution in [0.2, 0.25) is 0 Å². The molecule has 4 heteroatoms. The van der Waals surface area contributed by atoms with Crippen LogP contribution in [0.5, 0.6) is 0 Å². The summed E-state index contributed by atoms with van der Waals surface area (Å²) >= 11 is 0. The lowest BCUT2D eigenvalue weighted by Crippen LogP contribution is -2.67. The number of carbonyl (C=O) groups is 1. The van der Waals surface area contributed by atoms with E-state index in [1.54, 1.807) is 6.92 Å². The topological polar surface area (TPSA) is 77.0 Å². The number of aliphatic carboxylic acids is 1. The normalized spacial score (nSPS) is 13.6. The highest BCUT2D eigenvalue weighted by atomic mass is 16.5. The van der Waals surface area contributed by atoms with Crippen molar-refractivity contribution in [2.75, 3.05) is 6.61 Å². The number of hydrogen-bond donors (Lipinski definition) is 1. The molecule has 0 radical (unpaired) electrons. The Morgan fingerprint density at radius 3 is 1.59 bits per heavy atom. The average molecular weight is 448 g/mol. The summed E-state index contributed by atoms with van der Waals surface area (Å²) in [6.45, 7) is 10.6. The Morgan fingerprint density at radius 1 is 0.812 bits per heavy atom. The van der Waals surface area contributed by atoms with E-state index in [1.807, 2.05) is 0 Å². The fourth-order valence-corrected chi connectivity index (χ4v) is 2.31. The van der Waals surface area contributed by atoms with Crippen molar-refractivity contribution in [3.63, 3.8) is 0 Å². The second-order valence-corrected chi connectivity index (χ2v) is 8.85. The van der Waals surface area contributed by atoms with Crippen molar-refractivity contribution >= 4 is 5.97 Å². The quantitative estimate of drug-likeness (QED) is 0.237. The first kappa shape index (κ1) is 32.3. The van der Waals surface area contributed by atoms with Crippen LogP contribution in [0.3, 0.4) is 0 Å². The highest BCUT2D eigenvalue weighted by Gasteiger charge is 2.06. The van der Waals surface area contributed by atoms with E-state index in [2.05, 4.69) is 94.2 Å². The molecule has 0 aliphatic carbocycles. The molecule has 0 saturated carbocycles. The van der Waals surface area contributed by atoms with E-state index in [1.165, 1.54) is 0 Å². The van der Waals surface area contributed by atoms with Gasteiger partial charge in [0.05, 0.1) is 17.6 Å². The summed E-state index contributed by atoms with van der Waals surface area (Å²) in [5.74, 6) is -1.12. The molecular weight excluding hydrogens is 398 g/mol. The number of hydrogen-bond acceptors (Lipinski definition) is 3. The maximum atomic E-state index is 10.7. The predicted octanol–water partition coefficient (Wildman–Crippen LogP) is 5.48. The van der Waals surface area contributed by atoms with Gasteiger partial charge in [-0.1, -0.05) is 74.6 Å². The van der Waals surface area contributed by atoms with Crippen LogP contribution in [-0.4, -0.2) is 24.2 Å². The molecule has 184 valence electrons. The SMILES string of the molecule is CC(C)(C)[NH3+].CC/C=C\C/C=C\C/C=C\C/C=C\C/C=C\CCCCOC(CC)C(=O)[O-]. The van der Waals surface area contributed by atoms with Crippen LogP contribution < -0.4 is 10.8 Å². The molecule has 1 atom stereocenters. The molecule has 0 aromatic rings. The molecular formula is C28H49NO3. The molecule has 0 rings (SSSR count). The first-order valence-corrected chi connectivity index (χ1v) is 12.1. The third kappa shape index (κ3) is 32.7. The standard InChI is InChI=1S/C24H38O3.C4H11N/c1-3-5-6-7-8-9-10-11-12-13-14-15-16-17-18-19-20-21-22-27-23(4-2)24(25)26;1-4(2,3)5/h5-6,8-9,11-12,14-15,17-18,23H,3-4,7,10,13,16,19-22H2,1-2H3,(H,25,26);5H2,1-3H3/b6-5-,9-8-,12-11-,15-14-,18-17-;. The summed E-state index contributed by atoms with van der Waals surface area (Å²) in [6, 6.07) is 0. The Kier molecular flexibility index (Phi) is 23.9. The van der Waals surface area contributed by atoms with Crippen molar-refractivity contribution in [2.24, 2.45) is 0 Å². The van der Waals surface area contributed by atoms with Gasteiger partial charge in [-0.15, -0.1) is 0 Å². The van der Waals surface area contributed by atoms with Gasteiger partial charge >= 0.3 is 0 Å². The van der Waals surface area contributed by atoms with Gasteiger partial charge in [0.15, 0.2) is 0 Å². The third-order valence-electron chi connectivity index (χ3n) is 3.88. The van der Waals surface area contributed by atoms with Gasteiger partial charge in [0.1, 0.15) is 0 Å². The number of carboxylic acids is 1. The van der Waals surface area contributed by atoms with Crippen molar-refractivity contribution in [1.82, 2.24) is 0 Å². The maximum absolute atomic E-state index is 10.7. The molecule has 0 heterocycles. The van der Waals surface area contributed by atoms with E-state index >= 15 is 0 Å². The minimum Gasteiger partial charge on any atom is -0.547 e. The smallest absolute Gasteiger partial charge is 0.0965 e. The average Bonchev–Trinajstić information content (AvgIpc) is 2.71. The fourth-order valence-electron chi connectivity index (χ4n) is 2.31. The number of carbonyl (C=O) groups excluding carboxylic acids is 1. The van der Waals surface area contributed by atoms with Gasteiger partial charge < -0.3 is 20.4 Å². The van der Waals surface area contributed by atoms with Crippen LogP contribution in [0.15, 0.2) is 60.8 Å². The maximum Gasteiger partial charge on any atom is 0.0965 e. The predicted molar refractivity (Wildman–Crippen MR) is 136 cm³/mol. The molecule has 0 saturated heterocycles. The Bertz CT molecular complexity index is 560. The van der Waals surface area contributed by atoms with Crippen LogP contribution in [0.1, 0.15) is 92.4 Å². The highest BCUT2D eigenvalue weighted by Crippen LogP contribution is 2.03. The van der Waals surface area contributed by atoms with Crippen LogP contribution in [0.25, 0.3) is 0 Å². The Labute approximate surface area is 198 Å². The lowest BCUT2D eigenvalue weighted by molar-refractivity contribution is -0.458. The molecule has 0 aromatic carbocycles. The number of unbranched alkanes of at least 4 members (excludes halogenated alkanes) is 2. The zero-order valence-corrected chi connectivity index (χ0v) is 21.4. The number of rotatable bonds is 17.